The van der Waals surface area contributed by atoms with Crippen molar-refractivity contribution in [3.8, 4) is 0 Å². The maximum atomic E-state index is 11.8. The van der Waals surface area contributed by atoms with Crippen molar-refractivity contribution in [1.82, 2.24) is 16.0 Å². The molecule has 1 aliphatic heterocycles. The molecule has 0 saturated carbocycles. The fraction of sp³-hybridized carbons (Fsp3) is 0.500. The zero-order valence-electron chi connectivity index (χ0n) is 10.4. The molecule has 5 nitrogen and oxygen atoms in total. The normalized spacial score (nSPS) is 19.4. The summed E-state index contributed by atoms with van der Waals surface area (Å²) in [7, 11) is 0. The van der Waals surface area contributed by atoms with Crippen LogP contribution in [0.5, 0.6) is 0 Å². The molecule has 0 aromatic carbocycles. The highest BCUT2D eigenvalue weighted by Gasteiger charge is 2.22. The summed E-state index contributed by atoms with van der Waals surface area (Å²) in [6.07, 6.45) is 2.61. The summed E-state index contributed by atoms with van der Waals surface area (Å²) in [5.74, 6) is -0.0926. The summed E-state index contributed by atoms with van der Waals surface area (Å²) in [6.45, 7) is 1.15. The zero-order chi connectivity index (χ0) is 13.7. The Hall–Kier alpha value is -1.08. The minimum atomic E-state index is -0.422. The van der Waals surface area contributed by atoms with E-state index in [0.717, 1.165) is 22.2 Å². The van der Waals surface area contributed by atoms with Gasteiger partial charge in [0.25, 0.3) is 0 Å². The molecule has 1 aliphatic rings. The summed E-state index contributed by atoms with van der Waals surface area (Å²) in [5.41, 5.74) is 0. The van der Waals surface area contributed by atoms with Crippen molar-refractivity contribution in [2.24, 2.45) is 0 Å². The smallest absolute Gasteiger partial charge is 0.315 e. The van der Waals surface area contributed by atoms with Gasteiger partial charge in [-0.25, -0.2) is 4.79 Å². The first kappa shape index (κ1) is 14.3. The van der Waals surface area contributed by atoms with Gasteiger partial charge in [-0.1, -0.05) is 0 Å². The predicted octanol–water partition coefficient (Wildman–Crippen LogP) is 1.98. The van der Waals surface area contributed by atoms with E-state index < -0.39 is 6.04 Å². The molecule has 1 fully saturated rings. The number of rotatable bonds is 3. The summed E-state index contributed by atoms with van der Waals surface area (Å²) < 4.78 is 0.991. The highest BCUT2D eigenvalue weighted by molar-refractivity contribution is 9.10. The summed E-state index contributed by atoms with van der Waals surface area (Å²) in [5, 5.41) is 10.2. The Morgan fingerprint density at radius 2 is 2.37 bits per heavy atom. The standard InChI is InChI=1S/C12H16BrN3O2S/c13-8-4-6-19-10(8)7-15-12(18)16-9-3-1-2-5-14-11(9)17/h4,6,9H,1-3,5,7H2,(H,14,17)(H2,15,16,18)/t9-/m1/s1. The van der Waals surface area contributed by atoms with Crippen LogP contribution in [0, 0.1) is 0 Å². The van der Waals surface area contributed by atoms with Crippen molar-refractivity contribution in [3.63, 3.8) is 0 Å². The molecule has 1 aromatic rings. The Bertz CT molecular complexity index is 464. The second-order valence-electron chi connectivity index (χ2n) is 4.36. The number of nitrogens with one attached hydrogen (secondary N) is 3. The Labute approximate surface area is 124 Å². The van der Waals surface area contributed by atoms with E-state index >= 15 is 0 Å². The molecule has 104 valence electrons. The van der Waals surface area contributed by atoms with Crippen molar-refractivity contribution in [1.29, 1.82) is 0 Å². The van der Waals surface area contributed by atoms with Crippen LogP contribution in [0.25, 0.3) is 0 Å². The Balaban J connectivity index is 1.80. The first-order chi connectivity index (χ1) is 9.16. The third-order valence-electron chi connectivity index (χ3n) is 2.94. The monoisotopic (exact) mass is 345 g/mol. The van der Waals surface area contributed by atoms with Gasteiger partial charge in [0, 0.05) is 15.9 Å². The van der Waals surface area contributed by atoms with Gasteiger partial charge < -0.3 is 16.0 Å². The molecule has 3 amide bonds. The van der Waals surface area contributed by atoms with Crippen molar-refractivity contribution in [2.45, 2.75) is 31.8 Å². The molecule has 0 bridgehead atoms. The fourth-order valence-corrected chi connectivity index (χ4v) is 3.33. The van der Waals surface area contributed by atoms with E-state index in [-0.39, 0.29) is 11.9 Å². The molecule has 7 heteroatoms. The van der Waals surface area contributed by atoms with Crippen LogP contribution in [0.15, 0.2) is 15.9 Å². The second-order valence-corrected chi connectivity index (χ2v) is 6.21. The molecule has 0 spiro atoms. The van der Waals surface area contributed by atoms with Gasteiger partial charge in [-0.3, -0.25) is 4.79 Å². The average molecular weight is 346 g/mol. The molecule has 1 saturated heterocycles. The summed E-state index contributed by atoms with van der Waals surface area (Å²) >= 11 is 4.98. The van der Waals surface area contributed by atoms with Gasteiger partial charge in [0.2, 0.25) is 5.91 Å². The zero-order valence-corrected chi connectivity index (χ0v) is 12.8. The molecule has 0 radical (unpaired) electrons. The van der Waals surface area contributed by atoms with Crippen molar-refractivity contribution >= 4 is 39.2 Å². The van der Waals surface area contributed by atoms with Crippen LogP contribution < -0.4 is 16.0 Å². The minimum Gasteiger partial charge on any atom is -0.354 e. The number of carbonyl (C=O) groups is 2. The van der Waals surface area contributed by atoms with E-state index in [4.69, 9.17) is 0 Å². The largest absolute Gasteiger partial charge is 0.354 e. The van der Waals surface area contributed by atoms with Crippen molar-refractivity contribution in [3.05, 3.63) is 20.8 Å². The predicted molar refractivity (Wildman–Crippen MR) is 78.0 cm³/mol. The van der Waals surface area contributed by atoms with Crippen LogP contribution in [0.4, 0.5) is 4.79 Å². The summed E-state index contributed by atoms with van der Waals surface area (Å²) in [4.78, 5) is 24.5. The summed E-state index contributed by atoms with van der Waals surface area (Å²) in [6, 6.07) is 1.22. The number of hydrogen-bond acceptors (Lipinski definition) is 3. The lowest BCUT2D eigenvalue weighted by Gasteiger charge is -2.15. The van der Waals surface area contributed by atoms with Crippen molar-refractivity contribution in [2.75, 3.05) is 6.54 Å². The average Bonchev–Trinajstić information content (AvgIpc) is 2.69. The SMILES string of the molecule is O=C(NCc1sccc1Br)N[C@@H]1CCCCNC1=O. The van der Waals surface area contributed by atoms with E-state index in [0.29, 0.717) is 19.5 Å². The third kappa shape index (κ3) is 4.21. The second kappa shape index (κ2) is 6.91. The Kier molecular flexibility index (Phi) is 5.21. The number of halogens is 1. The van der Waals surface area contributed by atoms with Crippen LogP contribution in [-0.4, -0.2) is 24.5 Å². The highest BCUT2D eigenvalue weighted by atomic mass is 79.9. The molecule has 0 aliphatic carbocycles. The molecule has 1 aromatic heterocycles. The van der Waals surface area contributed by atoms with Gasteiger partial charge in [0.05, 0.1) is 6.54 Å². The number of thiophene rings is 1. The lowest BCUT2D eigenvalue weighted by molar-refractivity contribution is -0.122. The van der Waals surface area contributed by atoms with Crippen LogP contribution in [0.1, 0.15) is 24.1 Å². The maximum Gasteiger partial charge on any atom is 0.315 e. The van der Waals surface area contributed by atoms with Crippen LogP contribution in [0.2, 0.25) is 0 Å². The number of hydrogen-bond donors (Lipinski definition) is 3. The van der Waals surface area contributed by atoms with Gasteiger partial charge in [-0.15, -0.1) is 11.3 Å². The van der Waals surface area contributed by atoms with E-state index in [2.05, 4.69) is 31.9 Å². The molecule has 2 rings (SSSR count). The molecular weight excluding hydrogens is 330 g/mol. The molecule has 19 heavy (non-hydrogen) atoms. The van der Waals surface area contributed by atoms with Crippen LogP contribution in [-0.2, 0) is 11.3 Å². The van der Waals surface area contributed by atoms with Crippen LogP contribution in [0.3, 0.4) is 0 Å². The van der Waals surface area contributed by atoms with Gasteiger partial charge in [0.1, 0.15) is 6.04 Å². The molecule has 0 unspecified atom stereocenters. The van der Waals surface area contributed by atoms with Gasteiger partial charge in [-0.2, -0.15) is 0 Å². The molecule has 3 N–H and O–H groups in total. The molecular formula is C12H16BrN3O2S. The number of amides is 3. The van der Waals surface area contributed by atoms with Gasteiger partial charge in [-0.05, 0) is 46.6 Å². The van der Waals surface area contributed by atoms with E-state index in [9.17, 15) is 9.59 Å². The minimum absolute atomic E-state index is 0.0926. The Morgan fingerprint density at radius 1 is 1.53 bits per heavy atom. The van der Waals surface area contributed by atoms with Gasteiger partial charge in [0.15, 0.2) is 0 Å². The van der Waals surface area contributed by atoms with E-state index in [1.807, 2.05) is 11.4 Å². The first-order valence-electron chi connectivity index (χ1n) is 6.21. The highest BCUT2D eigenvalue weighted by Crippen LogP contribution is 2.22. The topological polar surface area (TPSA) is 70.2 Å². The quantitative estimate of drug-likeness (QED) is 0.783. The lowest BCUT2D eigenvalue weighted by atomic mass is 10.1. The molecule has 2 heterocycles. The lowest BCUT2D eigenvalue weighted by Crippen LogP contribution is -2.48. The number of urea groups is 1. The van der Waals surface area contributed by atoms with E-state index in [1.165, 1.54) is 0 Å². The third-order valence-corrected chi connectivity index (χ3v) is 4.87. The van der Waals surface area contributed by atoms with Crippen LogP contribution >= 0.6 is 27.3 Å². The first-order valence-corrected chi connectivity index (χ1v) is 7.88. The van der Waals surface area contributed by atoms with Crippen molar-refractivity contribution < 1.29 is 9.59 Å². The van der Waals surface area contributed by atoms with E-state index in [1.54, 1.807) is 11.3 Å². The fourth-order valence-electron chi connectivity index (χ4n) is 1.90. The van der Waals surface area contributed by atoms with Gasteiger partial charge >= 0.3 is 6.03 Å². The Morgan fingerprint density at radius 3 is 3.11 bits per heavy atom. The number of carbonyl (C=O) groups excluding carboxylic acids is 2. The maximum absolute atomic E-state index is 11.8. The molecule has 1 atom stereocenters.